The monoisotopic (exact) mass is 374 g/mol. The van der Waals surface area contributed by atoms with Gasteiger partial charge in [0.1, 0.15) is 4.83 Å². The maximum Gasteiger partial charge on any atom is 0.262 e. The third-order valence-corrected chi connectivity index (χ3v) is 6.89. The molecular weight excluding hydrogens is 348 g/mol. The Hall–Kier alpha value is -1.73. The average molecular weight is 375 g/mol. The van der Waals surface area contributed by atoms with E-state index >= 15 is 0 Å². The van der Waals surface area contributed by atoms with Gasteiger partial charge in [0.2, 0.25) is 5.91 Å². The second-order valence-corrected chi connectivity index (χ2v) is 8.44. The highest BCUT2D eigenvalue weighted by atomic mass is 32.1. The van der Waals surface area contributed by atoms with Gasteiger partial charge in [0.25, 0.3) is 5.56 Å². The lowest BCUT2D eigenvalue weighted by Gasteiger charge is -2.32. The lowest BCUT2D eigenvalue weighted by atomic mass is 9.97. The van der Waals surface area contributed by atoms with E-state index in [1.54, 1.807) is 22.2 Å². The molecule has 0 aromatic carbocycles. The SMILES string of the molecule is CNC1CCCN(C(=O)CCn2cnc3sc4c(c3c2=O)CCCC4)C1. The summed E-state index contributed by atoms with van der Waals surface area (Å²) < 4.78 is 1.63. The van der Waals surface area contributed by atoms with Gasteiger partial charge in [-0.1, -0.05) is 0 Å². The number of nitrogens with one attached hydrogen (secondary N) is 1. The van der Waals surface area contributed by atoms with Crippen molar-refractivity contribution in [2.45, 2.75) is 57.5 Å². The normalized spacial score (nSPS) is 20.3. The minimum atomic E-state index is 0.0222. The summed E-state index contributed by atoms with van der Waals surface area (Å²) in [5.74, 6) is 0.129. The Morgan fingerprint density at radius 1 is 1.35 bits per heavy atom. The summed E-state index contributed by atoms with van der Waals surface area (Å²) in [7, 11) is 1.95. The number of carbonyl (C=O) groups excluding carboxylic acids is 1. The van der Waals surface area contributed by atoms with Gasteiger partial charge in [-0.2, -0.15) is 0 Å². The van der Waals surface area contributed by atoms with E-state index in [9.17, 15) is 9.59 Å². The van der Waals surface area contributed by atoms with Crippen LogP contribution in [0, 0.1) is 0 Å². The molecule has 1 aliphatic carbocycles. The van der Waals surface area contributed by atoms with Crippen LogP contribution in [0.4, 0.5) is 0 Å². The van der Waals surface area contributed by atoms with Crippen molar-refractivity contribution in [3.63, 3.8) is 0 Å². The average Bonchev–Trinajstić information content (AvgIpc) is 3.06. The van der Waals surface area contributed by atoms with Crippen LogP contribution in [0.15, 0.2) is 11.1 Å². The number of fused-ring (bicyclic) bond motifs is 3. The predicted molar refractivity (Wildman–Crippen MR) is 104 cm³/mol. The van der Waals surface area contributed by atoms with Gasteiger partial charge in [-0.25, -0.2) is 4.98 Å². The van der Waals surface area contributed by atoms with E-state index in [1.165, 1.54) is 16.9 Å². The summed E-state index contributed by atoms with van der Waals surface area (Å²) >= 11 is 1.67. The molecule has 26 heavy (non-hydrogen) atoms. The lowest BCUT2D eigenvalue weighted by molar-refractivity contribution is -0.132. The third kappa shape index (κ3) is 3.30. The molecule has 2 aromatic heterocycles. The number of carbonyl (C=O) groups is 1. The van der Waals surface area contributed by atoms with Gasteiger partial charge in [-0.15, -0.1) is 11.3 Å². The van der Waals surface area contributed by atoms with Crippen LogP contribution in [0.3, 0.4) is 0 Å². The van der Waals surface area contributed by atoms with Gasteiger partial charge in [0.15, 0.2) is 0 Å². The standard InChI is InChI=1S/C19H26N4O2S/c1-20-13-5-4-9-22(11-13)16(24)8-10-23-12-21-18-17(19(23)25)14-6-2-3-7-15(14)26-18/h12-13,20H,2-11H2,1H3. The molecule has 0 saturated carbocycles. The smallest absolute Gasteiger partial charge is 0.262 e. The molecule has 1 aliphatic heterocycles. The van der Waals surface area contributed by atoms with Crippen LogP contribution < -0.4 is 10.9 Å². The maximum atomic E-state index is 12.9. The zero-order chi connectivity index (χ0) is 18.1. The molecule has 0 bridgehead atoms. The van der Waals surface area contributed by atoms with Crippen molar-refractivity contribution in [1.82, 2.24) is 19.8 Å². The van der Waals surface area contributed by atoms with E-state index in [4.69, 9.17) is 0 Å². The molecule has 1 fully saturated rings. The highest BCUT2D eigenvalue weighted by Gasteiger charge is 2.23. The quantitative estimate of drug-likeness (QED) is 0.888. The van der Waals surface area contributed by atoms with Crippen molar-refractivity contribution in [3.8, 4) is 0 Å². The number of hydrogen-bond donors (Lipinski definition) is 1. The van der Waals surface area contributed by atoms with Crippen LogP contribution in [0.2, 0.25) is 0 Å². The lowest BCUT2D eigenvalue weighted by Crippen LogP contribution is -2.47. The van der Waals surface area contributed by atoms with Gasteiger partial charge in [-0.05, 0) is 51.1 Å². The van der Waals surface area contributed by atoms with Crippen molar-refractivity contribution in [2.24, 2.45) is 0 Å². The third-order valence-electron chi connectivity index (χ3n) is 5.69. The summed E-state index contributed by atoms with van der Waals surface area (Å²) in [6.07, 6.45) is 8.52. The molecule has 1 amide bonds. The Balaban J connectivity index is 1.50. The number of aryl methyl sites for hydroxylation is 3. The number of hydrogen-bond acceptors (Lipinski definition) is 5. The molecule has 6 nitrogen and oxygen atoms in total. The molecule has 1 atom stereocenters. The Bertz CT molecular complexity index is 872. The Kier molecular flexibility index (Phi) is 5.09. The van der Waals surface area contributed by atoms with Gasteiger partial charge in [0.05, 0.1) is 11.7 Å². The van der Waals surface area contributed by atoms with E-state index in [0.717, 1.165) is 55.4 Å². The topological polar surface area (TPSA) is 67.2 Å². The minimum absolute atomic E-state index is 0.0222. The van der Waals surface area contributed by atoms with E-state index in [0.29, 0.717) is 19.0 Å². The Morgan fingerprint density at radius 3 is 3.04 bits per heavy atom. The van der Waals surface area contributed by atoms with Crippen LogP contribution in [0.1, 0.15) is 42.5 Å². The first-order chi connectivity index (χ1) is 12.7. The number of aromatic nitrogens is 2. The molecule has 0 radical (unpaired) electrons. The zero-order valence-electron chi connectivity index (χ0n) is 15.3. The molecule has 1 saturated heterocycles. The molecule has 3 heterocycles. The van der Waals surface area contributed by atoms with Gasteiger partial charge >= 0.3 is 0 Å². The van der Waals surface area contributed by atoms with Crippen LogP contribution >= 0.6 is 11.3 Å². The van der Waals surface area contributed by atoms with Crippen molar-refractivity contribution in [2.75, 3.05) is 20.1 Å². The molecule has 0 spiro atoms. The molecule has 140 valence electrons. The van der Waals surface area contributed by atoms with Gasteiger partial charge in [0, 0.05) is 37.0 Å². The van der Waals surface area contributed by atoms with Crippen molar-refractivity contribution in [3.05, 3.63) is 27.1 Å². The fourth-order valence-corrected chi connectivity index (χ4v) is 5.37. The summed E-state index contributed by atoms with van der Waals surface area (Å²) in [6.45, 7) is 1.99. The van der Waals surface area contributed by atoms with E-state index in [2.05, 4.69) is 10.3 Å². The second-order valence-electron chi connectivity index (χ2n) is 7.35. The van der Waals surface area contributed by atoms with Crippen LogP contribution in [-0.2, 0) is 24.2 Å². The fraction of sp³-hybridized carbons (Fsp3) is 0.632. The maximum absolute atomic E-state index is 12.9. The summed E-state index contributed by atoms with van der Waals surface area (Å²) in [6, 6.07) is 0.380. The first kappa shape index (κ1) is 17.7. The number of rotatable bonds is 4. The Morgan fingerprint density at radius 2 is 2.19 bits per heavy atom. The summed E-state index contributed by atoms with van der Waals surface area (Å²) in [5.41, 5.74) is 1.23. The molecule has 4 rings (SSSR count). The molecule has 1 N–H and O–H groups in total. The number of nitrogens with zero attached hydrogens (tertiary/aromatic N) is 3. The minimum Gasteiger partial charge on any atom is -0.341 e. The molecule has 2 aromatic rings. The highest BCUT2D eigenvalue weighted by molar-refractivity contribution is 7.18. The molecular formula is C19H26N4O2S. The molecule has 7 heteroatoms. The van der Waals surface area contributed by atoms with Crippen molar-refractivity contribution in [1.29, 1.82) is 0 Å². The Labute approximate surface area is 157 Å². The van der Waals surface area contributed by atoms with E-state index in [-0.39, 0.29) is 11.5 Å². The summed E-state index contributed by atoms with van der Waals surface area (Å²) in [5, 5.41) is 4.06. The van der Waals surface area contributed by atoms with Crippen LogP contribution in [0.5, 0.6) is 0 Å². The largest absolute Gasteiger partial charge is 0.341 e. The van der Waals surface area contributed by atoms with Crippen molar-refractivity contribution < 1.29 is 4.79 Å². The fourth-order valence-electron chi connectivity index (χ4n) is 4.15. The highest BCUT2D eigenvalue weighted by Crippen LogP contribution is 2.33. The number of likely N-dealkylation sites (tertiary alicyclic amines) is 1. The number of piperidine rings is 1. The van der Waals surface area contributed by atoms with Gasteiger partial charge in [-0.3, -0.25) is 14.2 Å². The number of amides is 1. The van der Waals surface area contributed by atoms with E-state index < -0.39 is 0 Å². The number of likely N-dealkylation sites (N-methyl/N-ethyl adjacent to an activating group) is 1. The predicted octanol–water partition coefficient (Wildman–Crippen LogP) is 1.94. The van der Waals surface area contributed by atoms with Crippen molar-refractivity contribution >= 4 is 27.5 Å². The summed E-state index contributed by atoms with van der Waals surface area (Å²) in [4.78, 5) is 34.1. The van der Waals surface area contributed by atoms with Crippen LogP contribution in [0.25, 0.3) is 10.2 Å². The van der Waals surface area contributed by atoms with Gasteiger partial charge < -0.3 is 10.2 Å². The first-order valence-electron chi connectivity index (χ1n) is 9.62. The molecule has 2 aliphatic rings. The number of thiophene rings is 1. The first-order valence-corrected chi connectivity index (χ1v) is 10.4. The zero-order valence-corrected chi connectivity index (χ0v) is 16.1. The van der Waals surface area contributed by atoms with E-state index in [1.807, 2.05) is 11.9 Å². The molecule has 1 unspecified atom stereocenters. The second kappa shape index (κ2) is 7.48. The van der Waals surface area contributed by atoms with Crippen LogP contribution in [-0.4, -0.2) is 46.5 Å².